The summed E-state index contributed by atoms with van der Waals surface area (Å²) in [6.45, 7) is -0.581. The van der Waals surface area contributed by atoms with Crippen LogP contribution in [0, 0.1) is 0 Å². The van der Waals surface area contributed by atoms with Crippen LogP contribution < -0.4 is 9.67 Å². The van der Waals surface area contributed by atoms with Crippen molar-refractivity contribution in [2.75, 3.05) is 11.9 Å². The molecule has 0 fully saturated rings. The molecule has 0 saturated heterocycles. The summed E-state index contributed by atoms with van der Waals surface area (Å²) in [4.78, 5) is 10.7. The SMILES string of the molecule is O=C(CO)Nc1ccc([AsH](=O)O)cc1. The molecule has 14 heavy (non-hydrogen) atoms. The maximum atomic E-state index is 10.7. The average molecular weight is 259 g/mol. The number of aliphatic hydroxyl groups is 1. The van der Waals surface area contributed by atoms with E-state index in [-0.39, 0.29) is 0 Å². The van der Waals surface area contributed by atoms with Crippen LogP contribution in [0.5, 0.6) is 0 Å². The Morgan fingerprint density at radius 2 is 1.93 bits per heavy atom. The molecule has 0 spiro atoms. The molecule has 0 saturated carbocycles. The van der Waals surface area contributed by atoms with E-state index in [2.05, 4.69) is 5.32 Å². The molecule has 0 aromatic heterocycles. The van der Waals surface area contributed by atoms with E-state index in [0.29, 0.717) is 10.0 Å². The molecule has 0 radical (unpaired) electrons. The molecule has 0 aliphatic rings. The number of benzene rings is 1. The van der Waals surface area contributed by atoms with Gasteiger partial charge in [-0.2, -0.15) is 0 Å². The van der Waals surface area contributed by atoms with Crippen molar-refractivity contribution >= 4 is 30.9 Å². The van der Waals surface area contributed by atoms with Gasteiger partial charge < -0.3 is 0 Å². The minimum atomic E-state index is -3.25. The van der Waals surface area contributed by atoms with Crippen LogP contribution in [0.3, 0.4) is 0 Å². The second-order valence-electron chi connectivity index (χ2n) is 2.59. The van der Waals surface area contributed by atoms with Crippen molar-refractivity contribution in [3.05, 3.63) is 24.3 Å². The van der Waals surface area contributed by atoms with E-state index in [1.165, 1.54) is 24.3 Å². The Morgan fingerprint density at radius 3 is 2.36 bits per heavy atom. The van der Waals surface area contributed by atoms with Gasteiger partial charge in [-0.3, -0.25) is 0 Å². The van der Waals surface area contributed by atoms with Crippen molar-refractivity contribution in [1.29, 1.82) is 0 Å². The van der Waals surface area contributed by atoms with Crippen LogP contribution in [0.4, 0.5) is 5.69 Å². The summed E-state index contributed by atoms with van der Waals surface area (Å²) >= 11 is -3.25. The van der Waals surface area contributed by atoms with Crippen LogP contribution in [0.25, 0.3) is 0 Å². The van der Waals surface area contributed by atoms with Crippen molar-refractivity contribution in [3.8, 4) is 0 Å². The molecular formula is C8H10AsNO4. The summed E-state index contributed by atoms with van der Waals surface area (Å²) in [7, 11) is 0. The quantitative estimate of drug-likeness (QED) is 0.575. The van der Waals surface area contributed by atoms with Gasteiger partial charge in [0.2, 0.25) is 0 Å². The molecule has 1 unspecified atom stereocenters. The third-order valence-electron chi connectivity index (χ3n) is 1.56. The molecule has 1 rings (SSSR count). The Labute approximate surface area is 85.2 Å². The van der Waals surface area contributed by atoms with Crippen LogP contribution in [0.1, 0.15) is 0 Å². The molecule has 1 aromatic carbocycles. The van der Waals surface area contributed by atoms with Gasteiger partial charge >= 0.3 is 84.8 Å². The Hall–Kier alpha value is -1.03. The zero-order valence-corrected chi connectivity index (χ0v) is 9.33. The second kappa shape index (κ2) is 5.00. The molecule has 0 bridgehead atoms. The molecule has 1 atom stereocenters. The zero-order valence-electron chi connectivity index (χ0n) is 7.23. The van der Waals surface area contributed by atoms with Gasteiger partial charge in [-0.05, 0) is 0 Å². The molecule has 0 aliphatic carbocycles. The molecule has 0 aliphatic heterocycles. The Kier molecular flexibility index (Phi) is 3.95. The van der Waals surface area contributed by atoms with Gasteiger partial charge in [0, 0.05) is 0 Å². The van der Waals surface area contributed by atoms with Gasteiger partial charge in [-0.1, -0.05) is 0 Å². The monoisotopic (exact) mass is 259 g/mol. The normalized spacial score (nSPS) is 12.1. The number of hydrogen-bond acceptors (Lipinski definition) is 3. The number of carbonyl (C=O) groups excluding carboxylic acids is 1. The van der Waals surface area contributed by atoms with Gasteiger partial charge in [-0.25, -0.2) is 0 Å². The van der Waals surface area contributed by atoms with Crippen molar-refractivity contribution in [2.24, 2.45) is 0 Å². The van der Waals surface area contributed by atoms with Crippen LogP contribution in [-0.4, -0.2) is 36.6 Å². The fraction of sp³-hybridized carbons (Fsp3) is 0.125. The first-order valence-electron chi connectivity index (χ1n) is 3.87. The second-order valence-corrected chi connectivity index (χ2v) is 5.08. The van der Waals surface area contributed by atoms with Crippen LogP contribution >= 0.6 is 0 Å². The fourth-order valence-electron chi connectivity index (χ4n) is 0.897. The predicted molar refractivity (Wildman–Crippen MR) is 51.8 cm³/mol. The minimum absolute atomic E-state index is 0.395. The zero-order chi connectivity index (χ0) is 10.6. The topological polar surface area (TPSA) is 86.6 Å². The van der Waals surface area contributed by atoms with Gasteiger partial charge in [-0.15, -0.1) is 0 Å². The van der Waals surface area contributed by atoms with Crippen molar-refractivity contribution in [1.82, 2.24) is 0 Å². The summed E-state index contributed by atoms with van der Waals surface area (Å²) in [5, 5.41) is 10.8. The maximum absolute atomic E-state index is 10.7. The summed E-state index contributed by atoms with van der Waals surface area (Å²) in [6, 6.07) is 6.00. The number of aliphatic hydroxyl groups excluding tert-OH is 1. The Bertz CT molecular complexity index is 349. The number of nitrogens with one attached hydrogen (secondary N) is 1. The number of hydrogen-bond donors (Lipinski definition) is 3. The molecule has 3 N–H and O–H groups in total. The summed E-state index contributed by atoms with van der Waals surface area (Å²) in [5.41, 5.74) is 0.493. The van der Waals surface area contributed by atoms with Crippen LogP contribution in [0.2, 0.25) is 0 Å². The van der Waals surface area contributed by atoms with Gasteiger partial charge in [0.15, 0.2) is 0 Å². The van der Waals surface area contributed by atoms with E-state index in [0.717, 1.165) is 0 Å². The Morgan fingerprint density at radius 1 is 1.36 bits per heavy atom. The first-order valence-corrected chi connectivity index (χ1v) is 6.72. The number of rotatable bonds is 3. The molecule has 5 nitrogen and oxygen atoms in total. The van der Waals surface area contributed by atoms with Gasteiger partial charge in [0.25, 0.3) is 0 Å². The van der Waals surface area contributed by atoms with E-state index in [1.54, 1.807) is 0 Å². The molecule has 76 valence electrons. The van der Waals surface area contributed by atoms with Crippen molar-refractivity contribution in [3.63, 3.8) is 0 Å². The summed E-state index contributed by atoms with van der Waals surface area (Å²) in [5.74, 6) is -0.514. The third-order valence-corrected chi connectivity index (χ3v) is 3.29. The van der Waals surface area contributed by atoms with Crippen molar-refractivity contribution < 1.29 is 17.7 Å². The number of anilines is 1. The Balaban J connectivity index is 2.73. The fourth-order valence-corrected chi connectivity index (χ4v) is 1.84. The van der Waals surface area contributed by atoms with Gasteiger partial charge in [0.05, 0.1) is 0 Å². The van der Waals surface area contributed by atoms with E-state index >= 15 is 0 Å². The van der Waals surface area contributed by atoms with Crippen molar-refractivity contribution in [2.45, 2.75) is 0 Å². The average Bonchev–Trinajstić information content (AvgIpc) is 2.18. The van der Waals surface area contributed by atoms with E-state index in [1.807, 2.05) is 0 Å². The first-order chi connectivity index (χ1) is 6.63. The number of carbonyl (C=O) groups is 1. The number of amides is 1. The molecule has 0 heterocycles. The standard InChI is InChI=1S/C8H10AsNO4/c11-5-8(12)10-7-3-1-6(2-4-7)9(13)14/h1-4,9,11H,5H2,(H,10,12)(H,13,14). The van der Waals surface area contributed by atoms with E-state index < -0.39 is 27.4 Å². The first kappa shape index (κ1) is 11.0. The van der Waals surface area contributed by atoms with Gasteiger partial charge in [0.1, 0.15) is 0 Å². The molecule has 1 aromatic rings. The van der Waals surface area contributed by atoms with Crippen LogP contribution in [0.15, 0.2) is 24.3 Å². The molecule has 1 amide bonds. The van der Waals surface area contributed by atoms with E-state index in [9.17, 15) is 8.53 Å². The summed E-state index contributed by atoms with van der Waals surface area (Å²) in [6.07, 6.45) is 0. The summed E-state index contributed by atoms with van der Waals surface area (Å²) < 4.78 is 19.9. The van der Waals surface area contributed by atoms with Crippen LogP contribution in [-0.2, 0) is 8.53 Å². The third kappa shape index (κ3) is 3.03. The predicted octanol–water partition coefficient (Wildman–Crippen LogP) is -1.53. The molecule has 6 heteroatoms. The van der Waals surface area contributed by atoms with E-state index in [4.69, 9.17) is 9.20 Å². The molecular weight excluding hydrogens is 249 g/mol.